The molecule has 148 valence electrons. The molecule has 8 heteroatoms. The molecule has 0 aliphatic carbocycles. The van der Waals surface area contributed by atoms with Crippen molar-refractivity contribution in [1.29, 1.82) is 0 Å². The molecule has 3 aromatic rings. The normalized spacial score (nSPS) is 10.1. The van der Waals surface area contributed by atoms with Gasteiger partial charge in [-0.3, -0.25) is 9.59 Å². The molecule has 0 fully saturated rings. The number of thiocarbonyl (C=S) groups is 1. The Morgan fingerprint density at radius 3 is 2.52 bits per heavy atom. The van der Waals surface area contributed by atoms with Crippen LogP contribution in [0.5, 0.6) is 5.75 Å². The number of rotatable bonds is 6. The molecule has 2 amide bonds. The van der Waals surface area contributed by atoms with Gasteiger partial charge in [-0.2, -0.15) is 0 Å². The molecule has 0 radical (unpaired) electrons. The van der Waals surface area contributed by atoms with Crippen LogP contribution >= 0.6 is 12.2 Å². The summed E-state index contributed by atoms with van der Waals surface area (Å²) in [6, 6.07) is 17.6. The van der Waals surface area contributed by atoms with Crippen LogP contribution < -0.4 is 20.7 Å². The fraction of sp³-hybridized carbons (Fsp3) is 0.0952. The quantitative estimate of drug-likeness (QED) is 0.539. The number of anilines is 2. The van der Waals surface area contributed by atoms with E-state index in [9.17, 15) is 9.59 Å². The van der Waals surface area contributed by atoms with Gasteiger partial charge in [-0.05, 0) is 48.1 Å². The summed E-state index contributed by atoms with van der Waals surface area (Å²) in [7, 11) is 1.51. The first-order valence-corrected chi connectivity index (χ1v) is 9.13. The third kappa shape index (κ3) is 5.66. The van der Waals surface area contributed by atoms with Crippen molar-refractivity contribution in [2.24, 2.45) is 0 Å². The first-order valence-electron chi connectivity index (χ1n) is 8.73. The summed E-state index contributed by atoms with van der Waals surface area (Å²) in [5, 5.41) is 8.41. The van der Waals surface area contributed by atoms with E-state index in [0.29, 0.717) is 17.1 Å². The van der Waals surface area contributed by atoms with Gasteiger partial charge in [0.2, 0.25) is 5.91 Å². The van der Waals surface area contributed by atoms with Crippen LogP contribution in [0.1, 0.15) is 16.1 Å². The van der Waals surface area contributed by atoms with Gasteiger partial charge in [0.05, 0.1) is 25.5 Å². The minimum absolute atomic E-state index is 0.124. The molecule has 0 saturated heterocycles. The molecule has 29 heavy (non-hydrogen) atoms. The summed E-state index contributed by atoms with van der Waals surface area (Å²) in [5.74, 6) is 0.0690. The molecule has 1 heterocycles. The lowest BCUT2D eigenvalue weighted by molar-refractivity contribution is -0.119. The van der Waals surface area contributed by atoms with E-state index in [1.54, 1.807) is 30.3 Å². The van der Waals surface area contributed by atoms with Crippen molar-refractivity contribution >= 4 is 40.5 Å². The molecule has 0 bridgehead atoms. The maximum atomic E-state index is 12.2. The Labute approximate surface area is 173 Å². The molecule has 0 saturated carbocycles. The number of nitrogens with one attached hydrogen (secondary N) is 3. The number of furan rings is 1. The Morgan fingerprint density at radius 1 is 1.03 bits per heavy atom. The van der Waals surface area contributed by atoms with Crippen LogP contribution in [0.4, 0.5) is 11.4 Å². The number of carbonyl (C=O) groups is 2. The summed E-state index contributed by atoms with van der Waals surface area (Å²) in [6.07, 6.45) is 1.63. The second-order valence-corrected chi connectivity index (χ2v) is 6.42. The smallest absolute Gasteiger partial charge is 0.291 e. The summed E-state index contributed by atoms with van der Waals surface area (Å²) in [4.78, 5) is 24.3. The van der Waals surface area contributed by atoms with Gasteiger partial charge in [-0.1, -0.05) is 30.3 Å². The molecular formula is C21H19N3O4S. The monoisotopic (exact) mass is 409 g/mol. The molecule has 1 aromatic heterocycles. The largest absolute Gasteiger partial charge is 0.495 e. The van der Waals surface area contributed by atoms with Gasteiger partial charge in [0, 0.05) is 5.69 Å². The van der Waals surface area contributed by atoms with Crippen molar-refractivity contribution < 1.29 is 18.7 Å². The molecule has 3 rings (SSSR count). The molecule has 0 aliphatic rings. The second kappa shape index (κ2) is 9.52. The Kier molecular flexibility index (Phi) is 6.59. The third-order valence-electron chi connectivity index (χ3n) is 3.91. The lowest BCUT2D eigenvalue weighted by Gasteiger charge is -2.14. The zero-order valence-corrected chi connectivity index (χ0v) is 16.4. The lowest BCUT2D eigenvalue weighted by atomic mass is 10.1. The number of carbonyl (C=O) groups excluding carboxylic acids is 2. The first-order chi connectivity index (χ1) is 14.0. The van der Waals surface area contributed by atoms with E-state index in [1.165, 1.54) is 13.4 Å². The van der Waals surface area contributed by atoms with Crippen LogP contribution in [0.2, 0.25) is 0 Å². The van der Waals surface area contributed by atoms with Crippen molar-refractivity contribution in [3.63, 3.8) is 0 Å². The van der Waals surface area contributed by atoms with E-state index >= 15 is 0 Å². The van der Waals surface area contributed by atoms with E-state index in [0.717, 1.165) is 5.56 Å². The molecule has 0 atom stereocenters. The zero-order chi connectivity index (χ0) is 20.6. The third-order valence-corrected chi connectivity index (χ3v) is 4.12. The fourth-order valence-electron chi connectivity index (χ4n) is 2.59. The standard InChI is InChI=1S/C21H19N3O4S/c1-27-17-10-9-15(22-20(26)18-8-5-11-28-18)13-16(17)23-21(29)24-19(25)12-14-6-3-2-4-7-14/h2-11,13H,12H2,1H3,(H,22,26)(H2,23,24,25,29). The highest BCUT2D eigenvalue weighted by Crippen LogP contribution is 2.28. The van der Waals surface area contributed by atoms with Gasteiger partial charge >= 0.3 is 0 Å². The van der Waals surface area contributed by atoms with Gasteiger partial charge in [-0.15, -0.1) is 0 Å². The van der Waals surface area contributed by atoms with Crippen LogP contribution in [0, 0.1) is 0 Å². The highest BCUT2D eigenvalue weighted by molar-refractivity contribution is 7.80. The molecular weight excluding hydrogens is 390 g/mol. The van der Waals surface area contributed by atoms with E-state index in [2.05, 4.69) is 16.0 Å². The van der Waals surface area contributed by atoms with Gasteiger partial charge < -0.3 is 25.1 Å². The van der Waals surface area contributed by atoms with E-state index < -0.39 is 0 Å². The Hall–Kier alpha value is -3.65. The van der Waals surface area contributed by atoms with Crippen molar-refractivity contribution in [2.75, 3.05) is 17.7 Å². The Balaban J connectivity index is 1.64. The maximum Gasteiger partial charge on any atom is 0.291 e. The number of ether oxygens (including phenoxy) is 1. The van der Waals surface area contributed by atoms with Crippen molar-refractivity contribution in [2.45, 2.75) is 6.42 Å². The van der Waals surface area contributed by atoms with Gasteiger partial charge in [0.1, 0.15) is 5.75 Å². The second-order valence-electron chi connectivity index (χ2n) is 6.01. The van der Waals surface area contributed by atoms with Crippen LogP contribution in [0.15, 0.2) is 71.3 Å². The summed E-state index contributed by atoms with van der Waals surface area (Å²) < 4.78 is 10.4. The number of hydrogen-bond acceptors (Lipinski definition) is 5. The van der Waals surface area contributed by atoms with Crippen LogP contribution in [-0.4, -0.2) is 24.0 Å². The first kappa shape index (κ1) is 20.1. The maximum absolute atomic E-state index is 12.2. The summed E-state index contributed by atoms with van der Waals surface area (Å²) >= 11 is 5.23. The summed E-state index contributed by atoms with van der Waals surface area (Å²) in [5.41, 5.74) is 1.89. The number of amides is 2. The molecule has 2 aromatic carbocycles. The molecule has 0 unspecified atom stereocenters. The van der Waals surface area contributed by atoms with E-state index in [1.807, 2.05) is 30.3 Å². The Morgan fingerprint density at radius 2 is 1.83 bits per heavy atom. The predicted molar refractivity (Wildman–Crippen MR) is 114 cm³/mol. The summed E-state index contributed by atoms with van der Waals surface area (Å²) in [6.45, 7) is 0. The van der Waals surface area contributed by atoms with Crippen molar-refractivity contribution in [3.8, 4) is 5.75 Å². The lowest BCUT2D eigenvalue weighted by Crippen LogP contribution is -2.35. The minimum Gasteiger partial charge on any atom is -0.495 e. The van der Waals surface area contributed by atoms with E-state index in [4.69, 9.17) is 21.4 Å². The highest BCUT2D eigenvalue weighted by Gasteiger charge is 2.13. The Bertz CT molecular complexity index is 1000. The van der Waals surface area contributed by atoms with Gasteiger partial charge in [0.25, 0.3) is 5.91 Å². The fourth-order valence-corrected chi connectivity index (χ4v) is 2.81. The predicted octanol–water partition coefficient (Wildman–Crippen LogP) is 3.60. The van der Waals surface area contributed by atoms with Gasteiger partial charge in [-0.25, -0.2) is 0 Å². The minimum atomic E-state index is -0.384. The average Bonchev–Trinajstić information content (AvgIpc) is 3.24. The average molecular weight is 409 g/mol. The topological polar surface area (TPSA) is 92.6 Å². The number of hydrogen-bond donors (Lipinski definition) is 3. The van der Waals surface area contributed by atoms with Crippen molar-refractivity contribution in [3.05, 3.63) is 78.3 Å². The van der Waals surface area contributed by atoms with Crippen LogP contribution in [0.3, 0.4) is 0 Å². The SMILES string of the molecule is COc1ccc(NC(=O)c2ccco2)cc1NC(=S)NC(=O)Cc1ccccc1. The van der Waals surface area contributed by atoms with Crippen LogP contribution in [0.25, 0.3) is 0 Å². The van der Waals surface area contributed by atoms with Crippen LogP contribution in [-0.2, 0) is 11.2 Å². The van der Waals surface area contributed by atoms with Gasteiger partial charge in [0.15, 0.2) is 10.9 Å². The number of methoxy groups -OCH3 is 1. The molecule has 0 aliphatic heterocycles. The molecule has 7 nitrogen and oxygen atoms in total. The number of benzene rings is 2. The molecule has 3 N–H and O–H groups in total. The highest BCUT2D eigenvalue weighted by atomic mass is 32.1. The molecule has 0 spiro atoms. The zero-order valence-electron chi connectivity index (χ0n) is 15.6. The van der Waals surface area contributed by atoms with E-state index in [-0.39, 0.29) is 29.1 Å². The van der Waals surface area contributed by atoms with Crippen molar-refractivity contribution in [1.82, 2.24) is 5.32 Å².